The summed E-state index contributed by atoms with van der Waals surface area (Å²) in [4.78, 5) is 9.70. The average Bonchev–Trinajstić information content (AvgIpc) is 2.17. The summed E-state index contributed by atoms with van der Waals surface area (Å²) in [6, 6.07) is 0. The van der Waals surface area contributed by atoms with Crippen LogP contribution in [0.15, 0.2) is 24.3 Å². The van der Waals surface area contributed by atoms with Gasteiger partial charge in [0.05, 0.1) is 5.92 Å². The molecule has 0 aliphatic heterocycles. The van der Waals surface area contributed by atoms with Crippen molar-refractivity contribution in [1.29, 1.82) is 0 Å². The Morgan fingerprint density at radius 1 is 1.31 bits per heavy atom. The molecule has 0 heterocycles. The molecule has 2 nitrogen and oxygen atoms in total. The van der Waals surface area contributed by atoms with Crippen LogP contribution in [0.1, 0.15) is 47.5 Å². The summed E-state index contributed by atoms with van der Waals surface area (Å²) in [5, 5.41) is 7.99. The van der Waals surface area contributed by atoms with Crippen LogP contribution in [-0.2, 0) is 4.79 Å². The van der Waals surface area contributed by atoms with E-state index in [1.165, 1.54) is 11.5 Å². The molecule has 93 valence electrons. The lowest BCUT2D eigenvalue weighted by molar-refractivity contribution is -0.140. The van der Waals surface area contributed by atoms with Crippen LogP contribution in [-0.4, -0.2) is 11.1 Å². The fraction of sp³-hybridized carbons (Fsp3) is 0.571. The van der Waals surface area contributed by atoms with Crippen LogP contribution in [0.3, 0.4) is 0 Å². The minimum Gasteiger partial charge on any atom is -0.481 e. The van der Waals surface area contributed by atoms with Crippen molar-refractivity contribution in [1.82, 2.24) is 0 Å². The zero-order chi connectivity index (χ0) is 13.1. The molecule has 0 unspecified atom stereocenters. The van der Waals surface area contributed by atoms with Crippen molar-refractivity contribution >= 4 is 5.97 Å². The highest BCUT2D eigenvalue weighted by Crippen LogP contribution is 2.09. The van der Waals surface area contributed by atoms with Crippen LogP contribution in [0, 0.1) is 11.8 Å². The lowest BCUT2D eigenvalue weighted by atomic mass is 10.1. The van der Waals surface area contributed by atoms with Gasteiger partial charge in [0.1, 0.15) is 0 Å². The summed E-state index contributed by atoms with van der Waals surface area (Å²) in [5.74, 6) is 0.400. The third-order valence-electron chi connectivity index (χ3n) is 1.93. The summed E-state index contributed by atoms with van der Waals surface area (Å²) in [7, 11) is 0. The van der Waals surface area contributed by atoms with Crippen molar-refractivity contribution < 1.29 is 9.90 Å². The molecule has 1 radical (unpaired) electrons. The van der Waals surface area contributed by atoms with E-state index in [-0.39, 0.29) is 5.92 Å². The van der Waals surface area contributed by atoms with E-state index in [1.54, 1.807) is 13.8 Å². The monoisotopic (exact) mass is 225 g/mol. The molecular formula is C14H25O2. The number of allylic oxidation sites excluding steroid dienone is 3. The molecule has 0 aromatic heterocycles. The molecule has 0 bridgehead atoms. The Bertz CT molecular complexity index is 223. The Kier molecular flexibility index (Phi) is 11.3. The van der Waals surface area contributed by atoms with Crippen molar-refractivity contribution in [2.24, 2.45) is 5.92 Å². The molecule has 0 amide bonds. The first-order valence-electron chi connectivity index (χ1n) is 5.62. The van der Waals surface area contributed by atoms with Crippen LogP contribution in [0.5, 0.6) is 0 Å². The van der Waals surface area contributed by atoms with E-state index >= 15 is 0 Å². The molecule has 0 saturated heterocycles. The minimum atomic E-state index is -0.741. The van der Waals surface area contributed by atoms with Gasteiger partial charge in [0.2, 0.25) is 0 Å². The fourth-order valence-electron chi connectivity index (χ4n) is 0.691. The Hall–Kier alpha value is -1.05. The van der Waals surface area contributed by atoms with Crippen molar-refractivity contribution in [3.8, 4) is 0 Å². The third kappa shape index (κ3) is 15.4. The fourth-order valence-corrected chi connectivity index (χ4v) is 0.691. The molecule has 0 fully saturated rings. The number of carbonyl (C=O) groups is 1. The molecule has 0 rings (SSSR count). The van der Waals surface area contributed by atoms with Crippen molar-refractivity contribution in [2.75, 3.05) is 0 Å². The lowest BCUT2D eigenvalue weighted by Crippen LogP contribution is -2.03. The Labute approximate surface area is 100 Å². The summed E-state index contributed by atoms with van der Waals surface area (Å²) in [6.45, 7) is 13.4. The zero-order valence-corrected chi connectivity index (χ0v) is 11.2. The molecule has 0 aromatic rings. The number of carboxylic acid groups (broad SMARTS) is 1. The number of carboxylic acids is 1. The molecule has 0 aliphatic carbocycles. The van der Waals surface area contributed by atoms with E-state index in [4.69, 9.17) is 5.11 Å². The second-order valence-corrected chi connectivity index (χ2v) is 4.36. The van der Waals surface area contributed by atoms with Gasteiger partial charge < -0.3 is 5.11 Å². The first-order chi connectivity index (χ1) is 7.31. The van der Waals surface area contributed by atoms with Gasteiger partial charge in [-0.3, -0.25) is 4.79 Å². The molecule has 1 N–H and O–H groups in total. The maximum Gasteiger partial charge on any atom is 0.305 e. The van der Waals surface area contributed by atoms with Crippen LogP contribution >= 0.6 is 0 Å². The van der Waals surface area contributed by atoms with E-state index in [1.807, 2.05) is 6.08 Å². The van der Waals surface area contributed by atoms with Gasteiger partial charge in [0, 0.05) is 0 Å². The Balaban J connectivity index is 0. The van der Waals surface area contributed by atoms with E-state index < -0.39 is 5.97 Å². The normalized spacial score (nSPS) is 9.44. The Morgan fingerprint density at radius 3 is 2.00 bits per heavy atom. The highest BCUT2D eigenvalue weighted by atomic mass is 16.4. The van der Waals surface area contributed by atoms with Gasteiger partial charge in [-0.15, -0.1) is 6.58 Å². The smallest absolute Gasteiger partial charge is 0.305 e. The van der Waals surface area contributed by atoms with Crippen molar-refractivity contribution in [2.45, 2.75) is 47.5 Å². The average molecular weight is 225 g/mol. The standard InChI is InChI=1S/C10H17.C4H8O2/c1-5-10(4)8-6-7-9(2)3;1-3(2)4(5)6/h5,7H,1,6,8H2,2-4H3;3H,1-2H3,(H,5,6). The maximum atomic E-state index is 9.70. The van der Waals surface area contributed by atoms with Crippen molar-refractivity contribution in [3.05, 3.63) is 30.2 Å². The van der Waals surface area contributed by atoms with Gasteiger partial charge in [0.25, 0.3) is 0 Å². The van der Waals surface area contributed by atoms with Crippen LogP contribution < -0.4 is 0 Å². The molecular weight excluding hydrogens is 200 g/mol. The lowest BCUT2D eigenvalue weighted by Gasteiger charge is -2.00. The molecule has 0 aliphatic rings. The zero-order valence-electron chi connectivity index (χ0n) is 11.2. The number of aliphatic carboxylic acids is 1. The second-order valence-electron chi connectivity index (χ2n) is 4.36. The highest BCUT2D eigenvalue weighted by molar-refractivity contribution is 5.68. The van der Waals surface area contributed by atoms with Crippen LogP contribution in [0.2, 0.25) is 0 Å². The first-order valence-corrected chi connectivity index (χ1v) is 5.62. The van der Waals surface area contributed by atoms with Gasteiger partial charge in [-0.1, -0.05) is 38.5 Å². The predicted molar refractivity (Wildman–Crippen MR) is 70.3 cm³/mol. The number of rotatable bonds is 5. The minimum absolute atomic E-state index is 0.231. The van der Waals surface area contributed by atoms with Gasteiger partial charge in [-0.05, 0) is 32.6 Å². The van der Waals surface area contributed by atoms with Crippen molar-refractivity contribution in [3.63, 3.8) is 0 Å². The summed E-state index contributed by atoms with van der Waals surface area (Å²) >= 11 is 0. The summed E-state index contributed by atoms with van der Waals surface area (Å²) in [6.07, 6.45) is 6.49. The summed E-state index contributed by atoms with van der Waals surface area (Å²) in [5.41, 5.74) is 1.40. The molecule has 0 saturated carbocycles. The molecule has 0 spiro atoms. The van der Waals surface area contributed by atoms with Crippen LogP contribution in [0.25, 0.3) is 0 Å². The van der Waals surface area contributed by atoms with Gasteiger partial charge in [-0.25, -0.2) is 0 Å². The summed E-state index contributed by atoms with van der Waals surface area (Å²) < 4.78 is 0. The molecule has 0 atom stereocenters. The molecule has 2 heteroatoms. The van der Waals surface area contributed by atoms with E-state index in [2.05, 4.69) is 33.4 Å². The van der Waals surface area contributed by atoms with E-state index in [9.17, 15) is 4.79 Å². The Morgan fingerprint density at radius 2 is 1.75 bits per heavy atom. The second kappa shape index (κ2) is 10.5. The quantitative estimate of drug-likeness (QED) is 0.710. The van der Waals surface area contributed by atoms with Crippen LogP contribution in [0.4, 0.5) is 0 Å². The highest BCUT2D eigenvalue weighted by Gasteiger charge is 1.99. The predicted octanol–water partition coefficient (Wildman–Crippen LogP) is 4.24. The van der Waals surface area contributed by atoms with E-state index in [0.717, 1.165) is 12.8 Å². The molecule has 16 heavy (non-hydrogen) atoms. The number of hydrogen-bond donors (Lipinski definition) is 1. The topological polar surface area (TPSA) is 37.3 Å². The van der Waals surface area contributed by atoms with Gasteiger partial charge in [-0.2, -0.15) is 0 Å². The van der Waals surface area contributed by atoms with E-state index in [0.29, 0.717) is 0 Å². The largest absolute Gasteiger partial charge is 0.481 e. The van der Waals surface area contributed by atoms with Gasteiger partial charge >= 0.3 is 5.97 Å². The van der Waals surface area contributed by atoms with Gasteiger partial charge in [0.15, 0.2) is 0 Å². The number of hydrogen-bond acceptors (Lipinski definition) is 1. The SMILES string of the molecule is C=C[C](C)CCC=C(C)C.CC(C)C(=O)O. The first kappa shape index (κ1) is 17.3. The molecule has 0 aromatic carbocycles. The maximum absolute atomic E-state index is 9.70. The third-order valence-corrected chi connectivity index (χ3v) is 1.93.